The van der Waals surface area contributed by atoms with Gasteiger partial charge in [-0.25, -0.2) is 9.78 Å². The van der Waals surface area contributed by atoms with Crippen molar-refractivity contribution < 1.29 is 15.0 Å². The number of carboxylic acids is 1. The molecule has 0 amide bonds. The highest BCUT2D eigenvalue weighted by molar-refractivity contribution is 6.01. The van der Waals surface area contributed by atoms with Crippen LogP contribution in [-0.2, 0) is 0 Å². The van der Waals surface area contributed by atoms with Gasteiger partial charge in [-0.2, -0.15) is 0 Å². The number of aromatic nitrogens is 2. The van der Waals surface area contributed by atoms with Gasteiger partial charge < -0.3 is 14.8 Å². The summed E-state index contributed by atoms with van der Waals surface area (Å²) in [5.74, 6) is 0.0716. The molecule has 2 aromatic rings. The molecule has 0 aliphatic heterocycles. The minimum absolute atomic E-state index is 0.138. The minimum Gasteiger partial charge on any atom is -0.478 e. The fourth-order valence-electron chi connectivity index (χ4n) is 3.41. The number of benzene rings is 1. The standard InChI is InChI=1S/C15H18N2O3/c1-9-16-12-6-3-5-11(15(19)20)14(12)17(9)13-7-2-4-10(13)8-18/h3,5-6,10,13,18H,2,4,7-8H2,1H3,(H,19,20). The highest BCUT2D eigenvalue weighted by Gasteiger charge is 2.31. The van der Waals surface area contributed by atoms with E-state index < -0.39 is 5.97 Å². The molecule has 0 radical (unpaired) electrons. The molecule has 0 bridgehead atoms. The number of hydrogen-bond donors (Lipinski definition) is 2. The van der Waals surface area contributed by atoms with Crippen LogP contribution in [0, 0.1) is 12.8 Å². The van der Waals surface area contributed by atoms with Gasteiger partial charge in [-0.05, 0) is 31.9 Å². The van der Waals surface area contributed by atoms with E-state index >= 15 is 0 Å². The average molecular weight is 274 g/mol. The Hall–Kier alpha value is -1.88. The monoisotopic (exact) mass is 274 g/mol. The lowest BCUT2D eigenvalue weighted by Crippen LogP contribution is -2.19. The maximum Gasteiger partial charge on any atom is 0.337 e. The quantitative estimate of drug-likeness (QED) is 0.901. The first-order valence-electron chi connectivity index (χ1n) is 6.95. The Balaban J connectivity index is 2.24. The molecule has 20 heavy (non-hydrogen) atoms. The summed E-state index contributed by atoms with van der Waals surface area (Å²) in [5.41, 5.74) is 1.68. The number of rotatable bonds is 3. The largest absolute Gasteiger partial charge is 0.478 e. The van der Waals surface area contributed by atoms with Gasteiger partial charge in [-0.1, -0.05) is 12.5 Å². The van der Waals surface area contributed by atoms with Crippen molar-refractivity contribution in [1.82, 2.24) is 9.55 Å². The van der Waals surface area contributed by atoms with Crippen molar-refractivity contribution in [1.29, 1.82) is 0 Å². The van der Waals surface area contributed by atoms with E-state index in [1.54, 1.807) is 12.1 Å². The number of imidazole rings is 1. The molecule has 1 saturated carbocycles. The number of para-hydroxylation sites is 1. The Morgan fingerprint density at radius 3 is 2.95 bits per heavy atom. The molecule has 3 rings (SSSR count). The molecule has 5 heteroatoms. The van der Waals surface area contributed by atoms with Crippen LogP contribution in [0.4, 0.5) is 0 Å². The van der Waals surface area contributed by atoms with Gasteiger partial charge in [0.15, 0.2) is 0 Å². The molecule has 1 fully saturated rings. The molecule has 1 aromatic heterocycles. The van der Waals surface area contributed by atoms with Crippen LogP contribution < -0.4 is 0 Å². The zero-order valence-corrected chi connectivity index (χ0v) is 11.4. The van der Waals surface area contributed by atoms with E-state index in [9.17, 15) is 15.0 Å². The van der Waals surface area contributed by atoms with Gasteiger partial charge in [0, 0.05) is 18.6 Å². The topological polar surface area (TPSA) is 75.3 Å². The summed E-state index contributed by atoms with van der Waals surface area (Å²) in [5, 5.41) is 18.9. The van der Waals surface area contributed by atoms with Crippen molar-refractivity contribution >= 4 is 17.0 Å². The molecule has 5 nitrogen and oxygen atoms in total. The summed E-state index contributed by atoms with van der Waals surface area (Å²) in [6.07, 6.45) is 3.01. The van der Waals surface area contributed by atoms with Crippen LogP contribution in [0.25, 0.3) is 11.0 Å². The Morgan fingerprint density at radius 1 is 1.45 bits per heavy atom. The molecule has 2 atom stereocenters. The van der Waals surface area contributed by atoms with Crippen molar-refractivity contribution in [3.8, 4) is 0 Å². The van der Waals surface area contributed by atoms with Crippen molar-refractivity contribution in [3.63, 3.8) is 0 Å². The molecule has 0 saturated heterocycles. The number of nitrogens with zero attached hydrogens (tertiary/aromatic N) is 2. The smallest absolute Gasteiger partial charge is 0.337 e. The van der Waals surface area contributed by atoms with Crippen molar-refractivity contribution in [2.24, 2.45) is 5.92 Å². The van der Waals surface area contributed by atoms with Crippen LogP contribution in [0.3, 0.4) is 0 Å². The number of aliphatic hydroxyl groups excluding tert-OH is 1. The van der Waals surface area contributed by atoms with Gasteiger partial charge in [0.1, 0.15) is 5.82 Å². The molecule has 106 valence electrons. The van der Waals surface area contributed by atoms with Crippen LogP contribution in [-0.4, -0.2) is 32.3 Å². The second kappa shape index (κ2) is 4.90. The lowest BCUT2D eigenvalue weighted by Gasteiger charge is -2.22. The van der Waals surface area contributed by atoms with Gasteiger partial charge in [-0.3, -0.25) is 0 Å². The fraction of sp³-hybridized carbons (Fsp3) is 0.467. The number of aliphatic hydroxyl groups is 1. The van der Waals surface area contributed by atoms with Gasteiger partial charge in [0.2, 0.25) is 0 Å². The first-order chi connectivity index (χ1) is 9.63. The fourth-order valence-corrected chi connectivity index (χ4v) is 3.41. The zero-order chi connectivity index (χ0) is 14.3. The maximum atomic E-state index is 11.5. The highest BCUT2D eigenvalue weighted by Crippen LogP contribution is 2.38. The van der Waals surface area contributed by atoms with Crippen molar-refractivity contribution in [3.05, 3.63) is 29.6 Å². The third kappa shape index (κ3) is 1.89. The Bertz CT molecular complexity index is 662. The molecule has 1 aromatic carbocycles. The van der Waals surface area contributed by atoms with E-state index in [0.29, 0.717) is 11.0 Å². The Labute approximate surface area is 116 Å². The summed E-state index contributed by atoms with van der Waals surface area (Å²) in [6, 6.07) is 5.32. The zero-order valence-electron chi connectivity index (χ0n) is 11.4. The summed E-state index contributed by atoms with van der Waals surface area (Å²) >= 11 is 0. The van der Waals surface area contributed by atoms with E-state index in [1.807, 2.05) is 17.6 Å². The number of fused-ring (bicyclic) bond motifs is 1. The van der Waals surface area contributed by atoms with Crippen LogP contribution in [0.5, 0.6) is 0 Å². The predicted octanol–water partition coefficient (Wildman–Crippen LogP) is 2.38. The van der Waals surface area contributed by atoms with Crippen LogP contribution in [0.1, 0.15) is 41.5 Å². The second-order valence-corrected chi connectivity index (χ2v) is 5.45. The van der Waals surface area contributed by atoms with E-state index in [2.05, 4.69) is 4.98 Å². The number of carboxylic acid groups (broad SMARTS) is 1. The molecule has 1 aliphatic rings. The SMILES string of the molecule is Cc1nc2cccc(C(=O)O)c2n1C1CCCC1CO. The van der Waals surface area contributed by atoms with E-state index in [-0.39, 0.29) is 24.1 Å². The molecular weight excluding hydrogens is 256 g/mol. The maximum absolute atomic E-state index is 11.5. The number of carbonyl (C=O) groups is 1. The lowest BCUT2D eigenvalue weighted by atomic mass is 10.0. The number of aromatic carboxylic acids is 1. The Kier molecular flexibility index (Phi) is 3.22. The summed E-state index contributed by atoms with van der Waals surface area (Å²) in [4.78, 5) is 15.9. The first-order valence-corrected chi connectivity index (χ1v) is 6.95. The molecule has 1 aliphatic carbocycles. The summed E-state index contributed by atoms with van der Waals surface area (Å²) in [6.45, 7) is 2.04. The summed E-state index contributed by atoms with van der Waals surface area (Å²) in [7, 11) is 0. The Morgan fingerprint density at radius 2 is 2.25 bits per heavy atom. The molecular formula is C15H18N2O3. The van der Waals surface area contributed by atoms with Gasteiger partial charge in [-0.15, -0.1) is 0 Å². The van der Waals surface area contributed by atoms with E-state index in [0.717, 1.165) is 25.1 Å². The molecule has 1 heterocycles. The minimum atomic E-state index is -0.935. The average Bonchev–Trinajstić information content (AvgIpc) is 2.99. The van der Waals surface area contributed by atoms with E-state index in [1.165, 1.54) is 0 Å². The third-order valence-corrected chi connectivity index (χ3v) is 4.30. The van der Waals surface area contributed by atoms with Crippen LogP contribution in [0.15, 0.2) is 18.2 Å². The van der Waals surface area contributed by atoms with Gasteiger partial charge in [0.25, 0.3) is 0 Å². The van der Waals surface area contributed by atoms with E-state index in [4.69, 9.17) is 0 Å². The third-order valence-electron chi connectivity index (χ3n) is 4.30. The van der Waals surface area contributed by atoms with Gasteiger partial charge >= 0.3 is 5.97 Å². The lowest BCUT2D eigenvalue weighted by molar-refractivity contribution is 0.0698. The van der Waals surface area contributed by atoms with Crippen molar-refractivity contribution in [2.45, 2.75) is 32.2 Å². The number of hydrogen-bond acceptors (Lipinski definition) is 3. The second-order valence-electron chi connectivity index (χ2n) is 5.45. The molecule has 2 N–H and O–H groups in total. The van der Waals surface area contributed by atoms with Crippen LogP contribution in [0.2, 0.25) is 0 Å². The summed E-state index contributed by atoms with van der Waals surface area (Å²) < 4.78 is 2.02. The van der Waals surface area contributed by atoms with Gasteiger partial charge in [0.05, 0.1) is 16.6 Å². The molecule has 0 spiro atoms. The number of aryl methyl sites for hydroxylation is 1. The highest BCUT2D eigenvalue weighted by atomic mass is 16.4. The first kappa shape index (κ1) is 13.1. The molecule has 2 unspecified atom stereocenters. The van der Waals surface area contributed by atoms with Crippen molar-refractivity contribution in [2.75, 3.05) is 6.61 Å². The van der Waals surface area contributed by atoms with Crippen LogP contribution >= 0.6 is 0 Å². The predicted molar refractivity (Wildman–Crippen MR) is 74.9 cm³/mol. The normalized spacial score (nSPS) is 22.5.